The monoisotopic (exact) mass is 1700 g/mol. The third-order valence-corrected chi connectivity index (χ3v) is 26.2. The summed E-state index contributed by atoms with van der Waals surface area (Å²) < 4.78 is 89.5. The molecule has 0 fully saturated rings. The van der Waals surface area contributed by atoms with Gasteiger partial charge in [0.2, 0.25) is 31.9 Å². The molecule has 6 heterocycles. The molecule has 29 heteroatoms. The highest BCUT2D eigenvalue weighted by atomic mass is 35.5. The van der Waals surface area contributed by atoms with Gasteiger partial charge in [-0.1, -0.05) is 146 Å². The highest BCUT2D eigenvalue weighted by molar-refractivity contribution is 7.89. The number of amides is 5. The number of anilines is 3. The van der Waals surface area contributed by atoms with Gasteiger partial charge in [0.05, 0.1) is 82.8 Å². The highest BCUT2D eigenvalue weighted by Gasteiger charge is 2.47. The minimum Gasteiger partial charge on any atom is -0.507 e. The molecule has 5 amide bonds. The van der Waals surface area contributed by atoms with Crippen LogP contribution in [0, 0.1) is 0 Å². The third kappa shape index (κ3) is 16.4. The molecule has 10 aromatic rings. The van der Waals surface area contributed by atoms with Crippen molar-refractivity contribution in [3.8, 4) is 34.5 Å². The average Bonchev–Trinajstić information content (AvgIpc) is 1.60. The summed E-state index contributed by atoms with van der Waals surface area (Å²) in [5.74, 6) is 1.22. The molecule has 120 heavy (non-hydrogen) atoms. The molecule has 5 atom stereocenters. The van der Waals surface area contributed by atoms with Crippen LogP contribution in [0.2, 0.25) is 0 Å². The normalized spacial score (nSPS) is 17.9. The van der Waals surface area contributed by atoms with Crippen LogP contribution >= 0.6 is 23.2 Å². The van der Waals surface area contributed by atoms with Gasteiger partial charge >= 0.3 is 6.09 Å². The number of carbonyl (C=O) groups is 5. The first-order chi connectivity index (χ1) is 58.0. The van der Waals surface area contributed by atoms with Crippen LogP contribution in [0.1, 0.15) is 89.9 Å². The first-order valence-corrected chi connectivity index (χ1v) is 42.8. The Balaban J connectivity index is 0.000000189. The van der Waals surface area contributed by atoms with Crippen LogP contribution in [0.25, 0.3) is 32.7 Å². The maximum absolute atomic E-state index is 14.5. The zero-order valence-corrected chi connectivity index (χ0v) is 69.3. The van der Waals surface area contributed by atoms with E-state index < -0.39 is 38.4 Å². The van der Waals surface area contributed by atoms with E-state index in [2.05, 4.69) is 16.0 Å². The van der Waals surface area contributed by atoms with Crippen molar-refractivity contribution in [2.24, 2.45) is 4.99 Å². The molecule has 1 unspecified atom stereocenters. The van der Waals surface area contributed by atoms with Gasteiger partial charge in [0.25, 0.3) is 11.8 Å². The molecule has 0 aliphatic carbocycles. The fourth-order valence-electron chi connectivity index (χ4n) is 16.6. The Labute approximate surface area is 704 Å². The quantitative estimate of drug-likeness (QED) is 0.0342. The standard InChI is InChI=1S/C48H47ClN4O10S.C43H39ClN4O7S/c1-5-19-62-48(57)53-38-25-43(42(60-3)23-37(38)46(56)51-18-17-32(22-40(51)47(53)61-4)31-13-15-34(16-14-31)64(58,59)50-2)63-28-30-10-8-9-29(20-30)21-44(55)52-27-33(26-49)45-36-12-7-6-11-35(36)41(54)24-39(45)52;1-45-56(52,53)32-12-10-28(11-13-32)29-14-15-47-31(18-29)23-46-36-20-40(39(54-2)19-35(36)43(47)51)55-25-27-7-5-6-26(16-27)17-41(50)48-24-30(22-44)42-34-9-4-3-8-33(34)38(49)21-37(42)48/h5-17,20,23-25,33,40,47,50,54H,1,18-19,21-22,26-28H2,2-4H3;3-14,16,19-21,23,30-31,45,49H,15,17-18,22,24-25H2,1-2H3/t33-,40+,47?;30-,31+/m11/s1. The van der Waals surface area contributed by atoms with Gasteiger partial charge in [-0.15, -0.1) is 23.2 Å². The number of rotatable bonds is 23. The lowest BCUT2D eigenvalue weighted by atomic mass is 9.93. The lowest BCUT2D eigenvalue weighted by Crippen LogP contribution is -2.55. The van der Waals surface area contributed by atoms with Gasteiger partial charge in [0.15, 0.2) is 29.2 Å². The summed E-state index contributed by atoms with van der Waals surface area (Å²) in [5.41, 5.74) is 11.1. The fraction of sp³-hybridized carbons (Fsp3) is 0.253. The number of methoxy groups -OCH3 is 3. The lowest BCUT2D eigenvalue weighted by molar-refractivity contribution is -0.118. The van der Waals surface area contributed by atoms with Crippen LogP contribution in [0.4, 0.5) is 27.5 Å². The maximum Gasteiger partial charge on any atom is 0.416 e. The summed E-state index contributed by atoms with van der Waals surface area (Å²) in [6.45, 7) is 5.14. The van der Waals surface area contributed by atoms with Crippen molar-refractivity contribution in [3.63, 3.8) is 0 Å². The Bertz CT molecular complexity index is 6090. The van der Waals surface area contributed by atoms with E-state index in [1.165, 1.54) is 64.6 Å². The molecular formula is C91H86Cl2N8O17S2. The maximum atomic E-state index is 14.5. The molecule has 0 radical (unpaired) electrons. The molecule has 6 aliphatic heterocycles. The van der Waals surface area contributed by atoms with Crippen molar-refractivity contribution in [1.82, 2.24) is 19.2 Å². The number of hydrogen-bond donors (Lipinski definition) is 4. The van der Waals surface area contributed by atoms with Gasteiger partial charge in [0.1, 0.15) is 31.3 Å². The number of carbonyl (C=O) groups excluding carboxylic acids is 5. The molecule has 25 nitrogen and oxygen atoms in total. The molecule has 16 rings (SSSR count). The number of fused-ring (bicyclic) bond motifs is 10. The Morgan fingerprint density at radius 1 is 0.550 bits per heavy atom. The zero-order chi connectivity index (χ0) is 84.4. The van der Waals surface area contributed by atoms with Crippen LogP contribution in [0.15, 0.2) is 222 Å². The van der Waals surface area contributed by atoms with Crippen molar-refractivity contribution in [1.29, 1.82) is 0 Å². The Hall–Kier alpha value is -12.1. The summed E-state index contributed by atoms with van der Waals surface area (Å²) in [6, 6.07) is 52.1. The Morgan fingerprint density at radius 3 is 1.50 bits per heavy atom. The van der Waals surface area contributed by atoms with E-state index >= 15 is 0 Å². The highest BCUT2D eigenvalue weighted by Crippen LogP contribution is 2.49. The predicted octanol–water partition coefficient (Wildman–Crippen LogP) is 14.3. The summed E-state index contributed by atoms with van der Waals surface area (Å²) in [6.07, 6.45) is 6.28. The predicted molar refractivity (Wildman–Crippen MR) is 461 cm³/mol. The molecule has 0 bridgehead atoms. The van der Waals surface area contributed by atoms with Gasteiger partial charge < -0.3 is 58.2 Å². The van der Waals surface area contributed by atoms with E-state index in [4.69, 9.17) is 56.6 Å². The Morgan fingerprint density at radius 2 is 1.02 bits per heavy atom. The summed E-state index contributed by atoms with van der Waals surface area (Å²) in [7, 11) is -0.0621. The number of benzene rings is 10. The van der Waals surface area contributed by atoms with Crippen molar-refractivity contribution in [3.05, 3.63) is 262 Å². The van der Waals surface area contributed by atoms with Gasteiger partial charge in [0, 0.05) is 98.1 Å². The van der Waals surface area contributed by atoms with E-state index in [1.54, 1.807) is 92.5 Å². The minimum atomic E-state index is -3.65. The number of aromatic hydroxyl groups is 2. The van der Waals surface area contributed by atoms with Crippen LogP contribution in [-0.4, -0.2) is 171 Å². The molecule has 0 spiro atoms. The van der Waals surface area contributed by atoms with E-state index in [0.717, 1.165) is 71.8 Å². The van der Waals surface area contributed by atoms with Crippen molar-refractivity contribution < 1.29 is 79.4 Å². The van der Waals surface area contributed by atoms with Crippen LogP contribution in [-0.2, 0) is 65.2 Å². The molecule has 0 saturated carbocycles. The van der Waals surface area contributed by atoms with Crippen LogP contribution < -0.4 is 43.1 Å². The average molecular weight is 1700 g/mol. The molecular weight excluding hydrogens is 1610 g/mol. The lowest BCUT2D eigenvalue weighted by Gasteiger charge is -2.40. The number of ether oxygens (including phenoxy) is 6. The molecule has 6 aliphatic rings. The molecule has 0 saturated heterocycles. The number of hydrogen-bond acceptors (Lipinski definition) is 18. The topological polar surface area (TPSA) is 302 Å². The molecule has 4 N–H and O–H groups in total. The fourth-order valence-corrected chi connectivity index (χ4v) is 18.6. The second-order valence-electron chi connectivity index (χ2n) is 29.6. The molecule has 10 aromatic carbocycles. The summed E-state index contributed by atoms with van der Waals surface area (Å²) in [4.78, 5) is 83.2. The van der Waals surface area contributed by atoms with Crippen molar-refractivity contribution in [2.75, 3.05) is 94.7 Å². The summed E-state index contributed by atoms with van der Waals surface area (Å²) in [5, 5.41) is 24.9. The van der Waals surface area contributed by atoms with Gasteiger partial charge in [-0.25, -0.2) is 36.0 Å². The first kappa shape index (κ1) is 83.0. The first-order valence-electron chi connectivity index (χ1n) is 38.8. The number of halogens is 2. The van der Waals surface area contributed by atoms with E-state index in [-0.39, 0.29) is 131 Å². The number of phenols is 2. The second-order valence-corrected chi connectivity index (χ2v) is 34.0. The third-order valence-electron chi connectivity index (χ3n) is 22.6. The second kappa shape index (κ2) is 35.1. The van der Waals surface area contributed by atoms with Gasteiger partial charge in [-0.05, 0) is 130 Å². The molecule has 618 valence electrons. The van der Waals surface area contributed by atoms with Crippen molar-refractivity contribution >= 4 is 135 Å². The van der Waals surface area contributed by atoms with E-state index in [1.807, 2.05) is 109 Å². The van der Waals surface area contributed by atoms with Crippen LogP contribution in [0.3, 0.4) is 0 Å². The van der Waals surface area contributed by atoms with Crippen LogP contribution in [0.5, 0.6) is 34.5 Å². The van der Waals surface area contributed by atoms with E-state index in [0.29, 0.717) is 77.3 Å². The number of alkyl halides is 2. The van der Waals surface area contributed by atoms with Gasteiger partial charge in [-0.3, -0.25) is 24.2 Å². The number of aliphatic imine (C=N–C) groups is 1. The SMILES string of the molecule is C=CCOC(=O)N1c2cc(OCc3cccc(CC(=O)N4C[C@@H](CCl)c5c4cc(O)c4ccccc54)c3)c(OC)cc2C(=O)N2CC=C(c3ccc(S(=O)(=O)NC)cc3)C[C@H]2C1OC.CNS(=O)(=O)c1ccc(C2=CCN3C(=O)c4cc(OC)c(OCc5cccc(CC(=O)N6C[C@@H](CCl)c7c6cc(O)c6ccccc76)c5)cc4N=C[C@@H]3C2)cc1. The Kier molecular flexibility index (Phi) is 24.3. The van der Waals surface area contributed by atoms with E-state index in [9.17, 15) is 51.0 Å². The number of nitrogens with zero attached hydrogens (tertiary/aromatic N) is 6. The van der Waals surface area contributed by atoms with Gasteiger partial charge in [-0.2, -0.15) is 0 Å². The largest absolute Gasteiger partial charge is 0.507 e. The number of sulfonamides is 2. The summed E-state index contributed by atoms with van der Waals surface area (Å²) >= 11 is 12.8. The smallest absolute Gasteiger partial charge is 0.416 e. The molecule has 0 aromatic heterocycles. The zero-order valence-electron chi connectivity index (χ0n) is 66.2. The minimum absolute atomic E-state index is 0.0386. The van der Waals surface area contributed by atoms with Crippen molar-refractivity contribution in [2.45, 2.75) is 78.8 Å². The number of nitrogens with one attached hydrogen (secondary N) is 2. The number of phenolic OH excluding ortho intramolecular Hbond substituents is 2.